The highest BCUT2D eigenvalue weighted by Crippen LogP contribution is 2.69. The first-order valence-corrected chi connectivity index (χ1v) is 16.0. The van der Waals surface area contributed by atoms with Crippen molar-refractivity contribution >= 4 is 15.8 Å². The van der Waals surface area contributed by atoms with Crippen LogP contribution in [0.2, 0.25) is 0 Å². The second-order valence-corrected chi connectivity index (χ2v) is 20.6. The Bertz CT molecular complexity index is 461. The van der Waals surface area contributed by atoms with Crippen LogP contribution in [0.5, 0.6) is 0 Å². The van der Waals surface area contributed by atoms with Crippen molar-refractivity contribution in [1.29, 1.82) is 0 Å². The van der Waals surface area contributed by atoms with Crippen LogP contribution >= 0.6 is 15.8 Å². The molecule has 0 N–H and O–H groups in total. The molecule has 3 aliphatic rings. The Kier molecular flexibility index (Phi) is 7.61. The molecule has 0 spiro atoms. The van der Waals surface area contributed by atoms with Crippen molar-refractivity contribution in [2.75, 3.05) is 12.3 Å². The molecule has 29 heavy (non-hydrogen) atoms. The van der Waals surface area contributed by atoms with E-state index in [1.807, 2.05) is 0 Å². The van der Waals surface area contributed by atoms with Crippen LogP contribution in [0, 0.1) is 11.8 Å². The summed E-state index contributed by atoms with van der Waals surface area (Å²) in [6, 6.07) is 0. The maximum Gasteiger partial charge on any atom is -0.0146 e. The van der Waals surface area contributed by atoms with Gasteiger partial charge in [-0.15, -0.1) is 0 Å². The number of hydrogen-bond donors (Lipinski definition) is 0. The van der Waals surface area contributed by atoms with Crippen LogP contribution < -0.4 is 0 Å². The van der Waals surface area contributed by atoms with Gasteiger partial charge < -0.3 is 0 Å². The van der Waals surface area contributed by atoms with E-state index in [9.17, 15) is 0 Å². The normalized spacial score (nSPS) is 35.2. The van der Waals surface area contributed by atoms with Gasteiger partial charge in [-0.3, -0.25) is 0 Å². The Balaban J connectivity index is 1.77. The second kappa shape index (κ2) is 9.01. The largest absolute Gasteiger partial charge is 0.0948 e. The van der Waals surface area contributed by atoms with Gasteiger partial charge in [0.15, 0.2) is 0 Å². The minimum Gasteiger partial charge on any atom is -0.0948 e. The minimum atomic E-state index is 0.109. The Morgan fingerprint density at radius 1 is 0.483 bits per heavy atom. The van der Waals surface area contributed by atoms with Crippen molar-refractivity contribution in [1.82, 2.24) is 0 Å². The third kappa shape index (κ3) is 5.62. The van der Waals surface area contributed by atoms with Gasteiger partial charge in [0, 0.05) is 0 Å². The molecule has 2 saturated heterocycles. The lowest BCUT2D eigenvalue weighted by molar-refractivity contribution is 0.454. The predicted octanol–water partition coefficient (Wildman–Crippen LogP) is 9.63. The van der Waals surface area contributed by atoms with Gasteiger partial charge in [-0.1, -0.05) is 103 Å². The molecule has 0 bridgehead atoms. The van der Waals surface area contributed by atoms with E-state index in [2.05, 4.69) is 55.4 Å². The molecule has 1 saturated carbocycles. The SMILES string of the molecule is CC1(C)CCCCC(C)(C)P1CC1CCCC1CP1C(C)(C)CCCCC1(C)C. The molecule has 2 heterocycles. The summed E-state index contributed by atoms with van der Waals surface area (Å²) in [5, 5.41) is 2.37. The summed E-state index contributed by atoms with van der Waals surface area (Å²) in [4.78, 5) is 0. The van der Waals surface area contributed by atoms with Crippen molar-refractivity contribution in [3.8, 4) is 0 Å². The van der Waals surface area contributed by atoms with Crippen molar-refractivity contribution in [3.63, 3.8) is 0 Å². The molecule has 3 rings (SSSR count). The molecular weight excluding hydrogens is 386 g/mol. The highest BCUT2D eigenvalue weighted by Gasteiger charge is 2.47. The van der Waals surface area contributed by atoms with Gasteiger partial charge in [0.05, 0.1) is 0 Å². The zero-order valence-corrected chi connectivity index (χ0v) is 23.0. The minimum absolute atomic E-state index is 0.109. The van der Waals surface area contributed by atoms with Crippen molar-refractivity contribution in [3.05, 3.63) is 0 Å². The summed E-state index contributed by atoms with van der Waals surface area (Å²) in [6.07, 6.45) is 19.6. The molecule has 2 heteroatoms. The molecular formula is C27H52P2. The van der Waals surface area contributed by atoms with Crippen molar-refractivity contribution < 1.29 is 0 Å². The van der Waals surface area contributed by atoms with Crippen LogP contribution in [-0.2, 0) is 0 Å². The van der Waals surface area contributed by atoms with Gasteiger partial charge in [0.25, 0.3) is 0 Å². The first-order valence-electron chi connectivity index (χ1n) is 12.9. The van der Waals surface area contributed by atoms with Crippen LogP contribution in [0.3, 0.4) is 0 Å². The molecule has 3 fully saturated rings. The number of hydrogen-bond acceptors (Lipinski definition) is 0. The average molecular weight is 439 g/mol. The molecule has 170 valence electrons. The molecule has 0 aromatic heterocycles. The molecule has 2 aliphatic heterocycles. The van der Waals surface area contributed by atoms with Crippen LogP contribution in [0.1, 0.15) is 126 Å². The van der Waals surface area contributed by atoms with Gasteiger partial charge >= 0.3 is 0 Å². The molecule has 0 radical (unpaired) electrons. The fourth-order valence-corrected chi connectivity index (χ4v) is 16.3. The van der Waals surface area contributed by atoms with Gasteiger partial charge in [-0.2, -0.15) is 0 Å². The molecule has 0 nitrogen and oxygen atoms in total. The zero-order chi connectivity index (χ0) is 21.5. The van der Waals surface area contributed by atoms with Crippen LogP contribution in [0.4, 0.5) is 0 Å². The van der Waals surface area contributed by atoms with E-state index in [0.29, 0.717) is 20.6 Å². The summed E-state index contributed by atoms with van der Waals surface area (Å²) < 4.78 is 0. The van der Waals surface area contributed by atoms with Gasteiger partial charge in [0.2, 0.25) is 0 Å². The predicted molar refractivity (Wildman–Crippen MR) is 138 cm³/mol. The highest BCUT2D eigenvalue weighted by atomic mass is 31.1. The fourth-order valence-electron chi connectivity index (χ4n) is 7.46. The average Bonchev–Trinajstić information content (AvgIpc) is 2.96. The molecule has 2 atom stereocenters. The lowest BCUT2D eigenvalue weighted by Crippen LogP contribution is -2.34. The topological polar surface area (TPSA) is 0 Å². The Hall–Kier alpha value is 0.860. The summed E-state index contributed by atoms with van der Waals surface area (Å²) >= 11 is 0. The summed E-state index contributed by atoms with van der Waals surface area (Å²) in [5.74, 6) is 2.07. The molecule has 0 aromatic rings. The quantitative estimate of drug-likeness (QED) is 0.383. The van der Waals surface area contributed by atoms with E-state index in [4.69, 9.17) is 0 Å². The van der Waals surface area contributed by atoms with Crippen LogP contribution in [-0.4, -0.2) is 32.9 Å². The van der Waals surface area contributed by atoms with Gasteiger partial charge in [-0.05, 0) is 83.3 Å². The third-order valence-corrected chi connectivity index (χ3v) is 17.6. The van der Waals surface area contributed by atoms with Gasteiger partial charge in [0.1, 0.15) is 0 Å². The first-order chi connectivity index (χ1) is 13.4. The third-order valence-electron chi connectivity index (χ3n) is 9.23. The van der Waals surface area contributed by atoms with Crippen molar-refractivity contribution in [2.45, 2.75) is 147 Å². The van der Waals surface area contributed by atoms with E-state index in [1.165, 1.54) is 57.8 Å². The number of rotatable bonds is 4. The maximum absolute atomic E-state index is 2.64. The maximum atomic E-state index is 2.64. The van der Waals surface area contributed by atoms with E-state index in [1.54, 1.807) is 25.2 Å². The monoisotopic (exact) mass is 438 g/mol. The standard InChI is InChI=1S/C27H52P2/c1-24(2)16-9-10-17-25(3,4)28(24)20-22-14-13-15-23(22)21-29-26(5,6)18-11-12-19-27(29,7)8/h22-23H,9-21H2,1-8H3. The molecule has 0 aromatic carbocycles. The fraction of sp³-hybridized carbons (Fsp3) is 1.00. The summed E-state index contributed by atoms with van der Waals surface area (Å²) in [6.45, 7) is 21.1. The van der Waals surface area contributed by atoms with Crippen molar-refractivity contribution in [2.24, 2.45) is 11.8 Å². The van der Waals surface area contributed by atoms with E-state index in [-0.39, 0.29) is 15.8 Å². The summed E-state index contributed by atoms with van der Waals surface area (Å²) in [5.41, 5.74) is 0. The van der Waals surface area contributed by atoms with Crippen LogP contribution in [0.15, 0.2) is 0 Å². The van der Waals surface area contributed by atoms with Crippen LogP contribution in [0.25, 0.3) is 0 Å². The molecule has 1 aliphatic carbocycles. The second-order valence-electron chi connectivity index (χ2n) is 13.3. The van der Waals surface area contributed by atoms with E-state index >= 15 is 0 Å². The van der Waals surface area contributed by atoms with E-state index in [0.717, 1.165) is 11.8 Å². The Morgan fingerprint density at radius 3 is 1.03 bits per heavy atom. The highest BCUT2D eigenvalue weighted by molar-refractivity contribution is 7.61. The Morgan fingerprint density at radius 2 is 0.759 bits per heavy atom. The lowest BCUT2D eigenvalue weighted by atomic mass is 10.0. The first kappa shape index (κ1) is 24.5. The Labute approximate surface area is 186 Å². The van der Waals surface area contributed by atoms with Gasteiger partial charge in [-0.25, -0.2) is 0 Å². The zero-order valence-electron chi connectivity index (χ0n) is 21.2. The lowest BCUT2D eigenvalue weighted by Gasteiger charge is -2.48. The smallest absolute Gasteiger partial charge is 0.0146 e. The molecule has 0 amide bonds. The summed E-state index contributed by atoms with van der Waals surface area (Å²) in [7, 11) is 0.217. The molecule has 2 unspecified atom stereocenters. The van der Waals surface area contributed by atoms with E-state index < -0.39 is 0 Å².